The van der Waals surface area contributed by atoms with Crippen molar-refractivity contribution in [1.29, 1.82) is 0 Å². The molecule has 0 unspecified atom stereocenters. The molecular formula is C11H13N3O. The van der Waals surface area contributed by atoms with E-state index in [0.717, 1.165) is 23.4 Å². The van der Waals surface area contributed by atoms with Crippen molar-refractivity contribution in [3.63, 3.8) is 0 Å². The molecule has 0 fully saturated rings. The molecule has 0 aliphatic rings. The Bertz CT molecular complexity index is 510. The number of rotatable bonds is 2. The first kappa shape index (κ1) is 9.71. The zero-order chi connectivity index (χ0) is 10.8. The van der Waals surface area contributed by atoms with Gasteiger partial charge in [0.2, 0.25) is 0 Å². The minimum Gasteiger partial charge on any atom is -0.295 e. The molecule has 4 heteroatoms. The van der Waals surface area contributed by atoms with Gasteiger partial charge in [-0.05, 0) is 25.5 Å². The van der Waals surface area contributed by atoms with Crippen LogP contribution in [0.25, 0.3) is 5.69 Å². The van der Waals surface area contributed by atoms with Gasteiger partial charge in [0, 0.05) is 23.7 Å². The summed E-state index contributed by atoms with van der Waals surface area (Å²) in [7, 11) is 0. The SMILES string of the molecule is CCc1c(C)[nH]n(-c2ccncc2)c1=O. The molecule has 2 heterocycles. The molecule has 2 aromatic heterocycles. The fourth-order valence-corrected chi connectivity index (χ4v) is 1.67. The van der Waals surface area contributed by atoms with Crippen LogP contribution in [-0.4, -0.2) is 14.8 Å². The summed E-state index contributed by atoms with van der Waals surface area (Å²) < 4.78 is 1.55. The molecule has 0 aromatic carbocycles. The number of pyridine rings is 1. The Morgan fingerprint density at radius 1 is 1.40 bits per heavy atom. The highest BCUT2D eigenvalue weighted by molar-refractivity contribution is 5.30. The molecule has 78 valence electrons. The molecule has 0 radical (unpaired) electrons. The topological polar surface area (TPSA) is 50.7 Å². The van der Waals surface area contributed by atoms with E-state index in [1.54, 1.807) is 29.2 Å². The van der Waals surface area contributed by atoms with E-state index in [1.807, 2.05) is 13.8 Å². The van der Waals surface area contributed by atoms with Crippen LogP contribution in [0.1, 0.15) is 18.2 Å². The average Bonchev–Trinajstić information content (AvgIpc) is 2.55. The Balaban J connectivity index is 2.61. The third-order valence-electron chi connectivity index (χ3n) is 2.47. The molecule has 0 saturated carbocycles. The van der Waals surface area contributed by atoms with Crippen LogP contribution < -0.4 is 5.56 Å². The lowest BCUT2D eigenvalue weighted by Gasteiger charge is -1.99. The van der Waals surface area contributed by atoms with E-state index in [0.29, 0.717) is 0 Å². The lowest BCUT2D eigenvalue weighted by Crippen LogP contribution is -2.16. The molecule has 0 aliphatic heterocycles. The number of H-pyrrole nitrogens is 1. The summed E-state index contributed by atoms with van der Waals surface area (Å²) >= 11 is 0. The van der Waals surface area contributed by atoms with Gasteiger partial charge < -0.3 is 0 Å². The molecule has 0 saturated heterocycles. The molecule has 0 amide bonds. The van der Waals surface area contributed by atoms with Gasteiger partial charge in [0.25, 0.3) is 5.56 Å². The van der Waals surface area contributed by atoms with Gasteiger partial charge in [0.05, 0.1) is 5.69 Å². The molecule has 0 atom stereocenters. The van der Waals surface area contributed by atoms with Gasteiger partial charge in [0.15, 0.2) is 0 Å². The summed E-state index contributed by atoms with van der Waals surface area (Å²) in [4.78, 5) is 15.9. The van der Waals surface area contributed by atoms with Crippen LogP contribution in [0, 0.1) is 6.92 Å². The second-order valence-corrected chi connectivity index (χ2v) is 3.41. The van der Waals surface area contributed by atoms with Crippen molar-refractivity contribution in [2.24, 2.45) is 0 Å². The monoisotopic (exact) mass is 203 g/mol. The number of nitrogens with one attached hydrogen (secondary N) is 1. The Morgan fingerprint density at radius 2 is 2.07 bits per heavy atom. The molecule has 0 bridgehead atoms. The summed E-state index contributed by atoms with van der Waals surface area (Å²) in [5, 5.41) is 3.06. The molecule has 15 heavy (non-hydrogen) atoms. The number of hydrogen-bond acceptors (Lipinski definition) is 2. The molecule has 4 nitrogen and oxygen atoms in total. The van der Waals surface area contributed by atoms with E-state index in [9.17, 15) is 4.79 Å². The Labute approximate surface area is 87.6 Å². The third-order valence-corrected chi connectivity index (χ3v) is 2.47. The third kappa shape index (κ3) is 1.58. The number of hydrogen-bond donors (Lipinski definition) is 1. The lowest BCUT2D eigenvalue weighted by atomic mass is 10.2. The van der Waals surface area contributed by atoms with Crippen LogP contribution >= 0.6 is 0 Å². The Kier molecular flexibility index (Phi) is 2.41. The van der Waals surface area contributed by atoms with E-state index in [1.165, 1.54) is 0 Å². The normalized spacial score (nSPS) is 10.5. The van der Waals surface area contributed by atoms with Gasteiger partial charge in [-0.2, -0.15) is 0 Å². The van der Waals surface area contributed by atoms with Crippen LogP contribution in [0.3, 0.4) is 0 Å². The quantitative estimate of drug-likeness (QED) is 0.802. The molecular weight excluding hydrogens is 190 g/mol. The van der Waals surface area contributed by atoms with Crippen molar-refractivity contribution in [3.05, 3.63) is 46.1 Å². The zero-order valence-electron chi connectivity index (χ0n) is 8.82. The van der Waals surface area contributed by atoms with Crippen molar-refractivity contribution in [1.82, 2.24) is 14.8 Å². The van der Waals surface area contributed by atoms with Gasteiger partial charge >= 0.3 is 0 Å². The van der Waals surface area contributed by atoms with Crippen LogP contribution in [0.2, 0.25) is 0 Å². The average molecular weight is 203 g/mol. The van der Waals surface area contributed by atoms with E-state index < -0.39 is 0 Å². The maximum absolute atomic E-state index is 11.9. The first-order valence-electron chi connectivity index (χ1n) is 4.95. The number of aromatic nitrogens is 3. The molecule has 2 aromatic rings. The van der Waals surface area contributed by atoms with Crippen molar-refractivity contribution in [2.45, 2.75) is 20.3 Å². The van der Waals surface area contributed by atoms with Crippen LogP contribution in [0.15, 0.2) is 29.3 Å². The van der Waals surface area contributed by atoms with Gasteiger partial charge in [-0.3, -0.25) is 14.9 Å². The number of nitrogens with zero attached hydrogens (tertiary/aromatic N) is 2. The minimum atomic E-state index is 0.0289. The summed E-state index contributed by atoms with van der Waals surface area (Å²) in [5.41, 5.74) is 2.62. The van der Waals surface area contributed by atoms with Gasteiger partial charge in [-0.15, -0.1) is 0 Å². The van der Waals surface area contributed by atoms with Crippen molar-refractivity contribution in [3.8, 4) is 5.69 Å². The van der Waals surface area contributed by atoms with Crippen molar-refractivity contribution >= 4 is 0 Å². The minimum absolute atomic E-state index is 0.0289. The lowest BCUT2D eigenvalue weighted by molar-refractivity contribution is 0.832. The van der Waals surface area contributed by atoms with Crippen molar-refractivity contribution in [2.75, 3.05) is 0 Å². The van der Waals surface area contributed by atoms with E-state index in [4.69, 9.17) is 0 Å². The first-order valence-corrected chi connectivity index (χ1v) is 4.95. The second-order valence-electron chi connectivity index (χ2n) is 3.41. The van der Waals surface area contributed by atoms with E-state index in [2.05, 4.69) is 10.1 Å². The van der Waals surface area contributed by atoms with Crippen LogP contribution in [-0.2, 0) is 6.42 Å². The zero-order valence-corrected chi connectivity index (χ0v) is 8.82. The largest absolute Gasteiger partial charge is 0.295 e. The molecule has 0 spiro atoms. The maximum atomic E-state index is 11.9. The first-order chi connectivity index (χ1) is 7.24. The molecule has 2 rings (SSSR count). The van der Waals surface area contributed by atoms with Crippen LogP contribution in [0.5, 0.6) is 0 Å². The fraction of sp³-hybridized carbons (Fsp3) is 0.273. The van der Waals surface area contributed by atoms with Crippen molar-refractivity contribution < 1.29 is 0 Å². The summed E-state index contributed by atoms with van der Waals surface area (Å²) in [5.74, 6) is 0. The van der Waals surface area contributed by atoms with E-state index in [-0.39, 0.29) is 5.56 Å². The number of aromatic amines is 1. The van der Waals surface area contributed by atoms with Crippen LogP contribution in [0.4, 0.5) is 0 Å². The molecule has 1 N–H and O–H groups in total. The Morgan fingerprint density at radius 3 is 2.60 bits per heavy atom. The standard InChI is InChI=1S/C11H13N3O/c1-3-10-8(2)13-14(11(10)15)9-4-6-12-7-5-9/h4-7,13H,3H2,1-2H3. The number of aryl methyl sites for hydroxylation is 1. The second kappa shape index (κ2) is 3.73. The molecule has 0 aliphatic carbocycles. The highest BCUT2D eigenvalue weighted by Gasteiger charge is 2.09. The predicted octanol–water partition coefficient (Wildman–Crippen LogP) is 1.43. The maximum Gasteiger partial charge on any atom is 0.274 e. The Hall–Kier alpha value is -1.84. The fourth-order valence-electron chi connectivity index (χ4n) is 1.67. The van der Waals surface area contributed by atoms with Gasteiger partial charge in [0.1, 0.15) is 0 Å². The highest BCUT2D eigenvalue weighted by Crippen LogP contribution is 2.05. The summed E-state index contributed by atoms with van der Waals surface area (Å²) in [6.07, 6.45) is 4.09. The van der Waals surface area contributed by atoms with Gasteiger partial charge in [-0.25, -0.2) is 4.68 Å². The predicted molar refractivity (Wildman–Crippen MR) is 58.3 cm³/mol. The summed E-state index contributed by atoms with van der Waals surface area (Å²) in [6.45, 7) is 3.90. The smallest absolute Gasteiger partial charge is 0.274 e. The van der Waals surface area contributed by atoms with E-state index >= 15 is 0 Å². The van der Waals surface area contributed by atoms with Gasteiger partial charge in [-0.1, -0.05) is 6.92 Å². The highest BCUT2D eigenvalue weighted by atomic mass is 16.1. The summed E-state index contributed by atoms with van der Waals surface area (Å²) in [6, 6.07) is 3.60.